The monoisotopic (exact) mass is 285 g/mol. The van der Waals surface area contributed by atoms with Gasteiger partial charge >= 0.3 is 11.4 Å². The van der Waals surface area contributed by atoms with Crippen molar-refractivity contribution in [2.45, 2.75) is 31.0 Å². The van der Waals surface area contributed by atoms with Crippen molar-refractivity contribution >= 4 is 0 Å². The Bertz CT molecular complexity index is 781. The Morgan fingerprint density at radius 2 is 1.43 bits per heavy atom. The van der Waals surface area contributed by atoms with E-state index >= 15 is 0 Å². The van der Waals surface area contributed by atoms with Crippen LogP contribution in [0.4, 0.5) is 0 Å². The summed E-state index contributed by atoms with van der Waals surface area (Å²) < 4.78 is 4.16. The largest absolute Gasteiger partial charge is 0.393 e. The zero-order chi connectivity index (χ0) is 14.6. The average Bonchev–Trinajstić information content (AvgIpc) is 2.62. The van der Waals surface area contributed by atoms with Gasteiger partial charge in [0.1, 0.15) is 0 Å². The summed E-state index contributed by atoms with van der Waals surface area (Å²) in [5.41, 5.74) is -0.125. The van der Waals surface area contributed by atoms with E-state index in [0.29, 0.717) is 18.5 Å². The van der Waals surface area contributed by atoms with Crippen LogP contribution in [0, 0.1) is 0 Å². The molecule has 3 heterocycles. The van der Waals surface area contributed by atoms with Crippen molar-refractivity contribution in [1.29, 1.82) is 0 Å². The summed E-state index contributed by atoms with van der Waals surface area (Å²) in [4.78, 5) is 25.3. The van der Waals surface area contributed by atoms with E-state index in [-0.39, 0.29) is 23.5 Å². The third kappa shape index (κ3) is 1.69. The number of rotatable bonds is 1. The van der Waals surface area contributed by atoms with Crippen LogP contribution in [0.15, 0.2) is 52.1 Å². The molecule has 5 rings (SSSR count). The number of para-hydroxylation sites is 1. The number of hydrogen-bond acceptors (Lipinski definition) is 3. The molecule has 0 radical (unpaired) electrons. The van der Waals surface area contributed by atoms with Crippen molar-refractivity contribution in [3.05, 3.63) is 63.5 Å². The Hall–Kier alpha value is -2.34. The maximum absolute atomic E-state index is 12.7. The van der Waals surface area contributed by atoms with Gasteiger partial charge in [0.25, 0.3) is 0 Å². The first-order valence-electron chi connectivity index (χ1n) is 7.04. The molecule has 2 aromatic rings. The summed E-state index contributed by atoms with van der Waals surface area (Å²) in [6, 6.07) is 8.40. The summed E-state index contributed by atoms with van der Waals surface area (Å²) in [6.07, 6.45) is 4.26. The number of aromatic nitrogens is 3. The molecule has 0 unspecified atom stereocenters. The Kier molecular flexibility index (Phi) is 2.56. The number of aliphatic hydroxyl groups excluding tert-OH is 1. The van der Waals surface area contributed by atoms with Gasteiger partial charge in [-0.1, -0.05) is 30.4 Å². The van der Waals surface area contributed by atoms with E-state index in [9.17, 15) is 14.7 Å². The number of hydrogen-bond donors (Lipinski definition) is 1. The lowest BCUT2D eigenvalue weighted by molar-refractivity contribution is 0.147. The molecule has 0 fully saturated rings. The standard InChI is InChI=1S/C15H15N3O3/c19-13-8-11-6-7-12(9-13)18-15(21)16(14(20)17(11)18)10-4-2-1-3-5-10/h1-7,11-13,19H,8-9H2/t11-,12-/m1/s1. The molecule has 0 spiro atoms. The van der Waals surface area contributed by atoms with Crippen LogP contribution in [-0.2, 0) is 0 Å². The van der Waals surface area contributed by atoms with E-state index < -0.39 is 6.10 Å². The number of benzene rings is 1. The summed E-state index contributed by atoms with van der Waals surface area (Å²) in [7, 11) is 0. The maximum atomic E-state index is 12.7. The van der Waals surface area contributed by atoms with Gasteiger partial charge in [-0.15, -0.1) is 0 Å². The fraction of sp³-hybridized carbons (Fsp3) is 0.333. The number of fused-ring (bicyclic) bond motifs is 2. The molecule has 1 aromatic carbocycles. The van der Waals surface area contributed by atoms with Gasteiger partial charge in [0.2, 0.25) is 0 Å². The molecule has 2 bridgehead atoms. The molecule has 2 aliphatic heterocycles. The van der Waals surface area contributed by atoms with Crippen molar-refractivity contribution in [3.8, 4) is 5.69 Å². The summed E-state index contributed by atoms with van der Waals surface area (Å²) in [6.45, 7) is 0. The fourth-order valence-electron chi connectivity index (χ4n) is 3.30. The molecular formula is C15H15N3O3. The molecule has 3 aliphatic rings. The zero-order valence-corrected chi connectivity index (χ0v) is 11.3. The van der Waals surface area contributed by atoms with Gasteiger partial charge in [-0.2, -0.15) is 0 Å². The molecule has 0 amide bonds. The maximum Gasteiger partial charge on any atom is 0.352 e. The minimum atomic E-state index is -0.494. The van der Waals surface area contributed by atoms with Crippen LogP contribution in [0.3, 0.4) is 0 Å². The van der Waals surface area contributed by atoms with Gasteiger partial charge in [0, 0.05) is 0 Å². The molecular weight excluding hydrogens is 270 g/mol. The molecule has 0 saturated heterocycles. The Morgan fingerprint density at radius 3 is 1.95 bits per heavy atom. The third-order valence-electron chi connectivity index (χ3n) is 4.23. The molecule has 0 saturated carbocycles. The van der Waals surface area contributed by atoms with Crippen LogP contribution in [0.25, 0.3) is 5.69 Å². The molecule has 6 heteroatoms. The lowest BCUT2D eigenvalue weighted by atomic mass is 10.1. The van der Waals surface area contributed by atoms with Gasteiger partial charge < -0.3 is 5.11 Å². The fourth-order valence-corrected chi connectivity index (χ4v) is 3.30. The highest BCUT2D eigenvalue weighted by Gasteiger charge is 2.34. The van der Waals surface area contributed by atoms with Crippen LogP contribution < -0.4 is 11.4 Å². The molecule has 108 valence electrons. The van der Waals surface area contributed by atoms with E-state index in [1.54, 1.807) is 24.3 Å². The van der Waals surface area contributed by atoms with Crippen molar-refractivity contribution in [2.24, 2.45) is 0 Å². The second kappa shape index (κ2) is 4.33. The lowest BCUT2D eigenvalue weighted by Gasteiger charge is -2.21. The Balaban J connectivity index is 2.00. The predicted molar refractivity (Wildman–Crippen MR) is 76.7 cm³/mol. The van der Waals surface area contributed by atoms with Crippen molar-refractivity contribution in [2.75, 3.05) is 0 Å². The number of nitrogens with zero attached hydrogens (tertiary/aromatic N) is 3. The second-order valence-electron chi connectivity index (χ2n) is 5.57. The smallest absolute Gasteiger partial charge is 0.352 e. The van der Waals surface area contributed by atoms with Gasteiger partial charge in [0.05, 0.1) is 23.9 Å². The van der Waals surface area contributed by atoms with E-state index in [1.807, 2.05) is 18.2 Å². The van der Waals surface area contributed by atoms with Gasteiger partial charge in [-0.3, -0.25) is 0 Å². The SMILES string of the molecule is O=c1n(-c2ccccc2)c(=O)n2n1[C@@H]1C=C[C@@H]2CC(O)C1. The topological polar surface area (TPSA) is 69.2 Å². The van der Waals surface area contributed by atoms with Crippen LogP contribution in [0.1, 0.15) is 24.9 Å². The zero-order valence-electron chi connectivity index (χ0n) is 11.3. The molecule has 1 N–H and O–H groups in total. The first-order valence-corrected chi connectivity index (χ1v) is 7.04. The normalized spacial score (nSPS) is 26.6. The number of allylic oxidation sites excluding steroid dienone is 2. The average molecular weight is 285 g/mol. The summed E-state index contributed by atoms with van der Waals surface area (Å²) >= 11 is 0. The van der Waals surface area contributed by atoms with E-state index in [0.717, 1.165) is 0 Å². The van der Waals surface area contributed by atoms with Crippen LogP contribution in [0.5, 0.6) is 0 Å². The second-order valence-corrected chi connectivity index (χ2v) is 5.57. The van der Waals surface area contributed by atoms with Gasteiger partial charge in [0.15, 0.2) is 0 Å². The van der Waals surface area contributed by atoms with Crippen molar-refractivity contribution < 1.29 is 5.11 Å². The van der Waals surface area contributed by atoms with E-state index in [1.165, 1.54) is 13.9 Å². The molecule has 1 aromatic heterocycles. The van der Waals surface area contributed by atoms with Gasteiger partial charge in [-0.25, -0.2) is 23.5 Å². The van der Waals surface area contributed by atoms with Crippen LogP contribution in [0.2, 0.25) is 0 Å². The van der Waals surface area contributed by atoms with E-state index in [4.69, 9.17) is 0 Å². The number of aliphatic hydroxyl groups is 1. The predicted octanol–water partition coefficient (Wildman–Crippen LogP) is 0.607. The highest BCUT2D eigenvalue weighted by atomic mass is 16.3. The molecule has 2 atom stereocenters. The lowest BCUT2D eigenvalue weighted by Crippen LogP contribution is -2.33. The summed E-state index contributed by atoms with van der Waals surface area (Å²) in [5, 5.41) is 9.95. The Morgan fingerprint density at radius 1 is 0.905 bits per heavy atom. The van der Waals surface area contributed by atoms with Crippen molar-refractivity contribution in [3.63, 3.8) is 0 Å². The van der Waals surface area contributed by atoms with Crippen LogP contribution in [-0.4, -0.2) is 25.1 Å². The first-order chi connectivity index (χ1) is 10.2. The molecule has 1 aliphatic carbocycles. The first kappa shape index (κ1) is 12.4. The van der Waals surface area contributed by atoms with Crippen molar-refractivity contribution in [1.82, 2.24) is 13.9 Å². The summed E-state index contributed by atoms with van der Waals surface area (Å²) in [5.74, 6) is 0. The van der Waals surface area contributed by atoms with E-state index in [2.05, 4.69) is 0 Å². The van der Waals surface area contributed by atoms with Crippen LogP contribution >= 0.6 is 0 Å². The highest BCUT2D eigenvalue weighted by Crippen LogP contribution is 2.31. The molecule has 6 nitrogen and oxygen atoms in total. The highest BCUT2D eigenvalue weighted by molar-refractivity contribution is 5.31. The Labute approximate surface area is 120 Å². The third-order valence-corrected chi connectivity index (χ3v) is 4.23. The van der Waals surface area contributed by atoms with Gasteiger partial charge in [-0.05, 0) is 25.0 Å². The minimum absolute atomic E-state index is 0.260. The quantitative estimate of drug-likeness (QED) is 0.780. The molecule has 21 heavy (non-hydrogen) atoms. The minimum Gasteiger partial charge on any atom is -0.393 e.